The van der Waals surface area contributed by atoms with Crippen LogP contribution in [0.2, 0.25) is 0 Å². The second kappa shape index (κ2) is 5.66. The first-order valence-corrected chi connectivity index (χ1v) is 9.15. The number of Topliss-reactive ketones (excluding diaryl/α,β-unsaturated/α-hetero) is 1. The molecule has 0 radical (unpaired) electrons. The highest BCUT2D eigenvalue weighted by Crippen LogP contribution is 2.46. The monoisotopic (exact) mass is 327 g/mol. The van der Waals surface area contributed by atoms with Gasteiger partial charge in [0.25, 0.3) is 5.91 Å². The fourth-order valence-corrected chi connectivity index (χ4v) is 4.81. The van der Waals surface area contributed by atoms with Crippen LogP contribution in [0.5, 0.6) is 0 Å². The Bertz CT molecular complexity index is 685. The van der Waals surface area contributed by atoms with Crippen LogP contribution in [0.15, 0.2) is 28.4 Å². The van der Waals surface area contributed by atoms with Crippen molar-refractivity contribution in [2.45, 2.75) is 64.0 Å². The minimum atomic E-state index is -0.804. The van der Waals surface area contributed by atoms with E-state index in [9.17, 15) is 9.59 Å². The van der Waals surface area contributed by atoms with Gasteiger partial charge in [0.15, 0.2) is 0 Å². The third-order valence-electron chi connectivity index (χ3n) is 5.99. The number of hydrogen-bond acceptors (Lipinski definition) is 4. The number of carbonyl (C=O) groups excluding carboxylic acids is 2. The Balaban J connectivity index is 1.79. The number of amides is 1. The maximum Gasteiger partial charge on any atom is 0.276 e. The van der Waals surface area contributed by atoms with E-state index in [1.165, 1.54) is 6.42 Å². The average Bonchev–Trinajstić information content (AvgIpc) is 3.09. The van der Waals surface area contributed by atoms with Gasteiger partial charge in [0, 0.05) is 24.6 Å². The maximum atomic E-state index is 13.1. The summed E-state index contributed by atoms with van der Waals surface area (Å²) in [6.07, 6.45) is 9.27. The van der Waals surface area contributed by atoms with Gasteiger partial charge < -0.3 is 4.90 Å². The molecule has 1 amide bonds. The van der Waals surface area contributed by atoms with E-state index < -0.39 is 5.54 Å². The largest absolute Gasteiger partial charge is 0.312 e. The van der Waals surface area contributed by atoms with E-state index in [0.717, 1.165) is 49.5 Å². The number of piperidine rings is 1. The predicted octanol–water partition coefficient (Wildman–Crippen LogP) is 2.44. The van der Waals surface area contributed by atoms with Crippen LogP contribution in [-0.2, 0) is 9.59 Å². The van der Waals surface area contributed by atoms with Crippen LogP contribution in [0.3, 0.4) is 0 Å². The second-order valence-corrected chi connectivity index (χ2v) is 7.39. The van der Waals surface area contributed by atoms with E-state index in [2.05, 4.69) is 27.8 Å². The lowest BCUT2D eigenvalue weighted by molar-refractivity contribution is -0.129. The Morgan fingerprint density at radius 1 is 1.21 bits per heavy atom. The van der Waals surface area contributed by atoms with Crippen molar-refractivity contribution in [3.8, 4) is 0 Å². The molecule has 0 bridgehead atoms. The molecule has 2 atom stereocenters. The highest BCUT2D eigenvalue weighted by atomic mass is 16.2. The van der Waals surface area contributed by atoms with E-state index in [0.29, 0.717) is 12.8 Å². The molecule has 4 aliphatic rings. The fraction of sp³-hybridized carbons (Fsp3) is 0.632. The molecule has 2 fully saturated rings. The Labute approximate surface area is 143 Å². The first-order chi connectivity index (χ1) is 11.6. The summed E-state index contributed by atoms with van der Waals surface area (Å²) in [6.45, 7) is 6.06. The highest BCUT2D eigenvalue weighted by Gasteiger charge is 2.62. The summed E-state index contributed by atoms with van der Waals surface area (Å²) < 4.78 is 0. The van der Waals surface area contributed by atoms with Crippen LogP contribution < -0.4 is 0 Å². The number of allylic oxidation sites excluding steroid dienone is 3. The number of aliphatic imine (C=N–C) groups is 1. The van der Waals surface area contributed by atoms with Crippen LogP contribution in [0, 0.1) is 0 Å². The van der Waals surface area contributed by atoms with Crippen LogP contribution in [0.4, 0.5) is 0 Å². The zero-order valence-electron chi connectivity index (χ0n) is 14.5. The van der Waals surface area contributed by atoms with Crippen molar-refractivity contribution in [1.29, 1.82) is 0 Å². The second-order valence-electron chi connectivity index (χ2n) is 7.39. The van der Waals surface area contributed by atoms with Crippen LogP contribution in [0.25, 0.3) is 0 Å². The molecule has 1 spiro atoms. The molecule has 3 heterocycles. The summed E-state index contributed by atoms with van der Waals surface area (Å²) in [7, 11) is 0. The average molecular weight is 327 g/mol. The third-order valence-corrected chi connectivity index (χ3v) is 5.99. The van der Waals surface area contributed by atoms with Crippen LogP contribution in [0.1, 0.15) is 52.4 Å². The molecule has 2 unspecified atom stereocenters. The van der Waals surface area contributed by atoms with E-state index in [1.54, 1.807) is 0 Å². The lowest BCUT2D eigenvalue weighted by Crippen LogP contribution is -2.62. The number of likely N-dealkylation sites (tertiary alicyclic amines) is 1. The molecule has 1 saturated heterocycles. The van der Waals surface area contributed by atoms with E-state index in [4.69, 9.17) is 0 Å². The summed E-state index contributed by atoms with van der Waals surface area (Å²) in [5.74, 6) is 0.835. The van der Waals surface area contributed by atoms with Gasteiger partial charge in [-0.2, -0.15) is 4.99 Å². The summed E-state index contributed by atoms with van der Waals surface area (Å²) in [5, 5.41) is 0. The normalized spacial score (nSPS) is 33.7. The first-order valence-electron chi connectivity index (χ1n) is 9.15. The zero-order valence-corrected chi connectivity index (χ0v) is 14.5. The molecule has 1 aliphatic carbocycles. The fourth-order valence-electron chi connectivity index (χ4n) is 4.81. The number of ketones is 1. The Morgan fingerprint density at radius 3 is 2.67 bits per heavy atom. The van der Waals surface area contributed by atoms with Gasteiger partial charge in [-0.1, -0.05) is 19.4 Å². The number of rotatable bonds is 2. The van der Waals surface area contributed by atoms with Crippen molar-refractivity contribution in [1.82, 2.24) is 9.80 Å². The summed E-state index contributed by atoms with van der Waals surface area (Å²) in [4.78, 5) is 34.5. The molecule has 0 aromatic carbocycles. The Kier molecular flexibility index (Phi) is 3.71. The SMILES string of the molecule is CCC1=CC=C(C)C2=NC(=O)C3(CC(=O)CC3N3CCCCC3)N12. The third kappa shape index (κ3) is 2.07. The van der Waals surface area contributed by atoms with Crippen molar-refractivity contribution < 1.29 is 9.59 Å². The van der Waals surface area contributed by atoms with Crippen molar-refractivity contribution >= 4 is 17.5 Å². The van der Waals surface area contributed by atoms with E-state index in [-0.39, 0.29) is 17.7 Å². The molecule has 4 rings (SSSR count). The number of nitrogens with zero attached hydrogens (tertiary/aromatic N) is 3. The van der Waals surface area contributed by atoms with Gasteiger partial charge in [0.05, 0.1) is 0 Å². The van der Waals surface area contributed by atoms with Crippen LogP contribution >= 0.6 is 0 Å². The lowest BCUT2D eigenvalue weighted by Gasteiger charge is -2.46. The number of fused-ring (bicyclic) bond motifs is 2. The van der Waals surface area contributed by atoms with Crippen LogP contribution in [-0.4, -0.2) is 52.0 Å². The smallest absolute Gasteiger partial charge is 0.276 e. The number of hydrogen-bond donors (Lipinski definition) is 0. The summed E-state index contributed by atoms with van der Waals surface area (Å²) in [6, 6.07) is -0.0418. The van der Waals surface area contributed by atoms with Gasteiger partial charge in [0.2, 0.25) is 0 Å². The van der Waals surface area contributed by atoms with Crippen molar-refractivity contribution in [3.05, 3.63) is 23.4 Å². The molecule has 1 saturated carbocycles. The van der Waals surface area contributed by atoms with Gasteiger partial charge in [-0.25, -0.2) is 0 Å². The summed E-state index contributed by atoms with van der Waals surface area (Å²) in [5.41, 5.74) is 1.30. The number of amidine groups is 1. The Morgan fingerprint density at radius 2 is 1.96 bits per heavy atom. The Hall–Kier alpha value is -1.75. The molecular weight excluding hydrogens is 302 g/mol. The molecule has 0 aromatic rings. The zero-order chi connectivity index (χ0) is 16.9. The predicted molar refractivity (Wildman–Crippen MR) is 92.6 cm³/mol. The van der Waals surface area contributed by atoms with Gasteiger partial charge >= 0.3 is 0 Å². The van der Waals surface area contributed by atoms with E-state index in [1.807, 2.05) is 13.0 Å². The molecule has 5 nitrogen and oxygen atoms in total. The van der Waals surface area contributed by atoms with Gasteiger partial charge in [0.1, 0.15) is 17.2 Å². The van der Waals surface area contributed by atoms with Crippen molar-refractivity contribution in [2.24, 2.45) is 4.99 Å². The molecule has 24 heavy (non-hydrogen) atoms. The quantitative estimate of drug-likeness (QED) is 0.782. The highest BCUT2D eigenvalue weighted by molar-refractivity contribution is 6.17. The summed E-state index contributed by atoms with van der Waals surface area (Å²) >= 11 is 0. The molecule has 128 valence electrons. The first kappa shape index (κ1) is 15.8. The molecule has 0 aromatic heterocycles. The minimum Gasteiger partial charge on any atom is -0.312 e. The lowest BCUT2D eigenvalue weighted by atomic mass is 9.86. The minimum absolute atomic E-state index is 0.0418. The molecule has 5 heteroatoms. The topological polar surface area (TPSA) is 53.0 Å². The standard InChI is InChI=1S/C19H25N3O2/c1-3-14-8-7-13(2)17-20-18(24)19(22(14)17)12-15(23)11-16(19)21-9-5-4-6-10-21/h7-8,16H,3-6,9-12H2,1-2H3. The molecule has 3 aliphatic heterocycles. The van der Waals surface area contributed by atoms with Gasteiger partial charge in [-0.15, -0.1) is 0 Å². The number of carbonyl (C=O) groups is 2. The molecular formula is C19H25N3O2. The van der Waals surface area contributed by atoms with Crippen molar-refractivity contribution in [2.75, 3.05) is 13.1 Å². The van der Waals surface area contributed by atoms with E-state index >= 15 is 0 Å². The maximum absolute atomic E-state index is 13.1. The van der Waals surface area contributed by atoms with Gasteiger partial charge in [-0.05, 0) is 50.9 Å². The van der Waals surface area contributed by atoms with Gasteiger partial charge in [-0.3, -0.25) is 14.5 Å². The molecule has 0 N–H and O–H groups in total. The van der Waals surface area contributed by atoms with Crippen molar-refractivity contribution in [3.63, 3.8) is 0 Å².